The van der Waals surface area contributed by atoms with Crippen LogP contribution >= 0.6 is 0 Å². The maximum Gasteiger partial charge on any atom is 0.129 e. The first-order valence-electron chi connectivity index (χ1n) is 11.7. The summed E-state index contributed by atoms with van der Waals surface area (Å²) in [7, 11) is 7.02. The Morgan fingerprint density at radius 2 is 0.867 bits per heavy atom. The summed E-state index contributed by atoms with van der Waals surface area (Å²) >= 11 is 0. The Morgan fingerprint density at radius 3 is 1.10 bits per heavy atom. The molecule has 1 aliphatic heterocycles. The second-order valence-electron chi connectivity index (χ2n) is 9.99. The number of hydrogen-bond donors (Lipinski definition) is 0. The second-order valence-corrected chi connectivity index (χ2v) is 9.99. The molecule has 3 rings (SSSR count). The number of para-hydroxylation sites is 2. The molecular formula is C27H39BN2. The topological polar surface area (TPSA) is 6.48 Å². The molecule has 2 aromatic carbocycles. The highest BCUT2D eigenvalue weighted by Crippen LogP contribution is 2.42. The number of hydrogen-bond acceptors (Lipinski definition) is 2. The van der Waals surface area contributed by atoms with Crippen molar-refractivity contribution in [1.29, 1.82) is 0 Å². The van der Waals surface area contributed by atoms with Crippen LogP contribution in [0.3, 0.4) is 0 Å². The Balaban J connectivity index is 2.11. The van der Waals surface area contributed by atoms with E-state index in [0.717, 1.165) is 13.1 Å². The molecule has 0 aromatic heterocycles. The minimum atomic E-state index is -0.153. The lowest BCUT2D eigenvalue weighted by atomic mass is 9.89. The zero-order chi connectivity index (χ0) is 22.2. The van der Waals surface area contributed by atoms with Gasteiger partial charge in [-0.1, -0.05) is 91.8 Å². The van der Waals surface area contributed by atoms with Crippen LogP contribution in [0.25, 0.3) is 0 Å². The average Bonchev–Trinajstić information content (AvgIpc) is 3.07. The smallest absolute Gasteiger partial charge is 0.129 e. The standard InChI is InChI=1S/C27H39BN2/c1-17(2)21-11-9-12-22(18(3)4)25(21)29-15-16-30(27(29)28)26-23(19(5)6)13-10-14-24(26)20(7)8/h9-14,17-20,27H,15-16H2,1-8H3. The van der Waals surface area contributed by atoms with Crippen molar-refractivity contribution in [2.24, 2.45) is 0 Å². The Kier molecular flexibility index (Phi) is 6.89. The van der Waals surface area contributed by atoms with Crippen molar-refractivity contribution >= 4 is 19.2 Å². The van der Waals surface area contributed by atoms with E-state index in [-0.39, 0.29) is 6.07 Å². The fourth-order valence-corrected chi connectivity index (χ4v) is 4.82. The average molecular weight is 402 g/mol. The summed E-state index contributed by atoms with van der Waals surface area (Å²) in [4.78, 5) is 4.90. The molecule has 1 saturated heterocycles. The molecule has 2 nitrogen and oxygen atoms in total. The highest BCUT2D eigenvalue weighted by atomic mass is 15.4. The van der Waals surface area contributed by atoms with Crippen molar-refractivity contribution in [2.75, 3.05) is 22.9 Å². The van der Waals surface area contributed by atoms with Crippen molar-refractivity contribution in [3.05, 3.63) is 58.7 Å². The Hall–Kier alpha value is -1.90. The molecule has 30 heavy (non-hydrogen) atoms. The lowest BCUT2D eigenvalue weighted by Gasteiger charge is -2.37. The summed E-state index contributed by atoms with van der Waals surface area (Å²) in [6, 6.07) is 13.4. The van der Waals surface area contributed by atoms with Crippen LogP contribution in [-0.2, 0) is 0 Å². The Bertz CT molecular complexity index is 745. The van der Waals surface area contributed by atoms with Gasteiger partial charge in [0.2, 0.25) is 0 Å². The summed E-state index contributed by atoms with van der Waals surface area (Å²) in [6.07, 6.45) is 0. The molecule has 0 unspecified atom stereocenters. The van der Waals surface area contributed by atoms with Gasteiger partial charge >= 0.3 is 0 Å². The molecule has 0 spiro atoms. The minimum absolute atomic E-state index is 0.153. The summed E-state index contributed by atoms with van der Waals surface area (Å²) in [6.45, 7) is 20.2. The lowest BCUT2D eigenvalue weighted by Crippen LogP contribution is -2.41. The summed E-state index contributed by atoms with van der Waals surface area (Å²) in [5, 5.41) is 0. The number of nitrogens with zero attached hydrogens (tertiary/aromatic N) is 2. The van der Waals surface area contributed by atoms with Gasteiger partial charge in [-0.05, 0) is 45.9 Å². The van der Waals surface area contributed by atoms with Crippen LogP contribution in [0.15, 0.2) is 36.4 Å². The van der Waals surface area contributed by atoms with E-state index in [9.17, 15) is 0 Å². The van der Waals surface area contributed by atoms with E-state index in [1.54, 1.807) is 0 Å². The third-order valence-electron chi connectivity index (χ3n) is 6.48. The predicted molar refractivity (Wildman–Crippen MR) is 133 cm³/mol. The fourth-order valence-electron chi connectivity index (χ4n) is 4.82. The molecule has 0 atom stereocenters. The van der Waals surface area contributed by atoms with Gasteiger partial charge in [0.1, 0.15) is 7.85 Å². The van der Waals surface area contributed by atoms with Gasteiger partial charge in [-0.3, -0.25) is 0 Å². The predicted octanol–water partition coefficient (Wildman–Crippen LogP) is 6.96. The van der Waals surface area contributed by atoms with E-state index in [1.165, 1.54) is 33.6 Å². The zero-order valence-electron chi connectivity index (χ0n) is 20.2. The molecule has 2 radical (unpaired) electrons. The van der Waals surface area contributed by atoms with Gasteiger partial charge in [0.25, 0.3) is 0 Å². The van der Waals surface area contributed by atoms with Crippen LogP contribution in [0.1, 0.15) is 101 Å². The summed E-state index contributed by atoms with van der Waals surface area (Å²) in [5.74, 6) is 1.87. The van der Waals surface area contributed by atoms with Gasteiger partial charge < -0.3 is 9.80 Å². The van der Waals surface area contributed by atoms with E-state index in [0.29, 0.717) is 23.7 Å². The molecule has 160 valence electrons. The molecule has 2 aromatic rings. The van der Waals surface area contributed by atoms with Crippen LogP contribution in [0.4, 0.5) is 11.4 Å². The van der Waals surface area contributed by atoms with E-state index in [4.69, 9.17) is 7.85 Å². The van der Waals surface area contributed by atoms with Crippen molar-refractivity contribution in [2.45, 2.75) is 85.1 Å². The quantitative estimate of drug-likeness (QED) is 0.482. The third-order valence-corrected chi connectivity index (χ3v) is 6.48. The van der Waals surface area contributed by atoms with Gasteiger partial charge in [-0.15, -0.1) is 0 Å². The molecule has 0 N–H and O–H groups in total. The number of benzene rings is 2. The monoisotopic (exact) mass is 402 g/mol. The molecule has 1 aliphatic rings. The highest BCUT2D eigenvalue weighted by Gasteiger charge is 2.34. The molecular weight excluding hydrogens is 363 g/mol. The zero-order valence-corrected chi connectivity index (χ0v) is 20.2. The van der Waals surface area contributed by atoms with Crippen LogP contribution < -0.4 is 9.80 Å². The van der Waals surface area contributed by atoms with Crippen molar-refractivity contribution < 1.29 is 0 Å². The van der Waals surface area contributed by atoms with Gasteiger partial charge in [0.05, 0.1) is 6.07 Å². The highest BCUT2D eigenvalue weighted by molar-refractivity contribution is 6.15. The van der Waals surface area contributed by atoms with E-state index in [1.807, 2.05) is 0 Å². The number of rotatable bonds is 6. The van der Waals surface area contributed by atoms with E-state index < -0.39 is 0 Å². The first-order valence-corrected chi connectivity index (χ1v) is 11.7. The Morgan fingerprint density at radius 1 is 0.600 bits per heavy atom. The molecule has 0 saturated carbocycles. The molecule has 1 fully saturated rings. The van der Waals surface area contributed by atoms with Gasteiger partial charge in [-0.2, -0.15) is 0 Å². The first kappa shape index (κ1) is 22.8. The molecule has 0 amide bonds. The maximum atomic E-state index is 7.02. The van der Waals surface area contributed by atoms with Gasteiger partial charge in [0.15, 0.2) is 0 Å². The minimum Gasteiger partial charge on any atom is -0.358 e. The van der Waals surface area contributed by atoms with Gasteiger partial charge in [0, 0.05) is 24.5 Å². The summed E-state index contributed by atoms with van der Waals surface area (Å²) < 4.78 is 0. The van der Waals surface area contributed by atoms with Crippen molar-refractivity contribution in [1.82, 2.24) is 0 Å². The lowest BCUT2D eigenvalue weighted by molar-refractivity contribution is 0.776. The van der Waals surface area contributed by atoms with Crippen LogP contribution in [0.5, 0.6) is 0 Å². The van der Waals surface area contributed by atoms with Crippen molar-refractivity contribution in [3.63, 3.8) is 0 Å². The van der Waals surface area contributed by atoms with Crippen LogP contribution in [-0.4, -0.2) is 27.0 Å². The largest absolute Gasteiger partial charge is 0.358 e. The fraction of sp³-hybridized carbons (Fsp3) is 0.556. The normalized spacial score (nSPS) is 15.5. The molecule has 1 heterocycles. The number of anilines is 2. The molecule has 0 bridgehead atoms. The van der Waals surface area contributed by atoms with Gasteiger partial charge in [-0.25, -0.2) is 0 Å². The van der Waals surface area contributed by atoms with Crippen LogP contribution in [0, 0.1) is 0 Å². The maximum absolute atomic E-state index is 7.02. The Labute approximate surface area is 186 Å². The summed E-state index contributed by atoms with van der Waals surface area (Å²) in [5.41, 5.74) is 8.31. The third kappa shape index (κ3) is 4.13. The second kappa shape index (κ2) is 9.08. The molecule has 3 heteroatoms. The van der Waals surface area contributed by atoms with E-state index in [2.05, 4.69) is 102 Å². The van der Waals surface area contributed by atoms with Crippen molar-refractivity contribution in [3.8, 4) is 0 Å². The molecule has 0 aliphatic carbocycles. The SMILES string of the molecule is [B]C1N(c2c(C(C)C)cccc2C(C)C)CCN1c1c(C(C)C)cccc1C(C)C. The van der Waals surface area contributed by atoms with Crippen LogP contribution in [0.2, 0.25) is 0 Å². The van der Waals surface area contributed by atoms with E-state index >= 15 is 0 Å². The first-order chi connectivity index (χ1) is 14.1.